The number of ketones is 1. The van der Waals surface area contributed by atoms with Gasteiger partial charge in [-0.2, -0.15) is 0 Å². The van der Waals surface area contributed by atoms with E-state index in [0.29, 0.717) is 0 Å². The third-order valence-corrected chi connectivity index (χ3v) is 1.20. The van der Waals surface area contributed by atoms with Crippen molar-refractivity contribution in [3.05, 3.63) is 0 Å². The molecule has 0 aliphatic carbocycles. The average molecular weight is 173 g/mol. The number of hydrogen-bond donors (Lipinski definition) is 1. The molecule has 0 aromatic rings. The maximum Gasteiger partial charge on any atom is 0.317 e. The quantitative estimate of drug-likeness (QED) is 0.486. The Kier molecular flexibility index (Phi) is 5.00. The monoisotopic (exact) mass is 172 g/mol. The van der Waals surface area contributed by atoms with Crippen molar-refractivity contribution in [2.24, 2.45) is 0 Å². The Morgan fingerprint density at radius 2 is 2.33 bits per heavy atom. The van der Waals surface area contributed by atoms with Gasteiger partial charge in [-0.3, -0.25) is 9.36 Å². The molecule has 0 saturated heterocycles. The van der Waals surface area contributed by atoms with E-state index in [2.05, 4.69) is 4.52 Å². The van der Waals surface area contributed by atoms with Crippen molar-refractivity contribution in [3.63, 3.8) is 0 Å². The van der Waals surface area contributed by atoms with Crippen molar-refractivity contribution in [2.45, 2.75) is 0 Å². The Morgan fingerprint density at radius 3 is 2.67 bits per heavy atom. The minimum Gasteiger partial charge on any atom is -0.326 e. The second-order valence-corrected chi connectivity index (χ2v) is 2.31. The van der Waals surface area contributed by atoms with Crippen molar-refractivity contribution in [2.75, 3.05) is 12.5 Å². The zero-order chi connectivity index (χ0) is 7.28. The van der Waals surface area contributed by atoms with E-state index in [9.17, 15) is 9.36 Å². The molecule has 0 aliphatic rings. The molecule has 54 valence electrons. The normalized spacial score (nSPS) is 13.1. The second-order valence-electron chi connectivity index (χ2n) is 1.23. The fourth-order valence-electron chi connectivity index (χ4n) is 0.181. The largest absolute Gasteiger partial charge is 0.326 e. The number of hydrogen-bond acceptors (Lipinski definition) is 3. The lowest BCUT2D eigenvalue weighted by Gasteiger charge is -1.93. The van der Waals surface area contributed by atoms with E-state index >= 15 is 0 Å². The topological polar surface area (TPSA) is 63.6 Å². The molecule has 0 heterocycles. The summed E-state index contributed by atoms with van der Waals surface area (Å²) < 4.78 is 13.8. The highest BCUT2D eigenvalue weighted by molar-refractivity contribution is 7.32. The van der Waals surface area contributed by atoms with Gasteiger partial charge in [0, 0.05) is 0 Å². The first-order valence-electron chi connectivity index (χ1n) is 2.10. The molecular formula is C3H6ClO4P. The summed E-state index contributed by atoms with van der Waals surface area (Å²) in [5, 5.41) is 0. The molecule has 0 aromatic carbocycles. The molecule has 0 rings (SSSR count). The Balaban J connectivity index is 3.28. The summed E-state index contributed by atoms with van der Waals surface area (Å²) in [5.74, 6) is -0.584. The summed E-state index contributed by atoms with van der Waals surface area (Å²) in [6.07, 6.45) is 0. The summed E-state index contributed by atoms with van der Waals surface area (Å²) in [4.78, 5) is 18.3. The van der Waals surface area contributed by atoms with Crippen LogP contribution in [0.3, 0.4) is 0 Å². The minimum atomic E-state index is -2.97. The molecule has 0 bridgehead atoms. The van der Waals surface area contributed by atoms with E-state index in [0.717, 1.165) is 0 Å². The van der Waals surface area contributed by atoms with Gasteiger partial charge in [0.2, 0.25) is 0 Å². The zero-order valence-corrected chi connectivity index (χ0v) is 6.22. The van der Waals surface area contributed by atoms with Gasteiger partial charge in [-0.1, -0.05) is 0 Å². The van der Waals surface area contributed by atoms with Crippen molar-refractivity contribution < 1.29 is 18.8 Å². The molecule has 6 heteroatoms. The van der Waals surface area contributed by atoms with Crippen LogP contribution in [0.2, 0.25) is 0 Å². The standard InChI is InChI=1S/C3H6ClO4P/c4-1-3(5)2-8-9(6)7/h9H,1-2H2,(H,6,7). The van der Waals surface area contributed by atoms with Crippen LogP contribution in [0.1, 0.15) is 0 Å². The van der Waals surface area contributed by atoms with E-state index in [1.165, 1.54) is 0 Å². The van der Waals surface area contributed by atoms with E-state index in [1.54, 1.807) is 0 Å². The highest BCUT2D eigenvalue weighted by atomic mass is 35.5. The summed E-state index contributed by atoms with van der Waals surface area (Å²) in [7, 11) is -2.97. The van der Waals surface area contributed by atoms with Gasteiger partial charge in [0.25, 0.3) is 0 Å². The molecule has 4 nitrogen and oxygen atoms in total. The van der Waals surface area contributed by atoms with Gasteiger partial charge in [0.05, 0.1) is 5.88 Å². The fourth-order valence-corrected chi connectivity index (χ4v) is 0.542. The lowest BCUT2D eigenvalue weighted by atomic mass is 10.5. The Bertz CT molecular complexity index is 125. The maximum absolute atomic E-state index is 10.2. The Morgan fingerprint density at radius 1 is 1.78 bits per heavy atom. The maximum atomic E-state index is 10.2. The first kappa shape index (κ1) is 9.11. The second kappa shape index (κ2) is 4.94. The number of rotatable bonds is 4. The van der Waals surface area contributed by atoms with Crippen molar-refractivity contribution in [3.8, 4) is 0 Å². The molecule has 1 unspecified atom stereocenters. The van der Waals surface area contributed by atoms with Crippen molar-refractivity contribution >= 4 is 25.6 Å². The van der Waals surface area contributed by atoms with E-state index in [-0.39, 0.29) is 12.5 Å². The van der Waals surface area contributed by atoms with Crippen molar-refractivity contribution in [1.82, 2.24) is 0 Å². The highest BCUT2D eigenvalue weighted by Gasteiger charge is 1.99. The van der Waals surface area contributed by atoms with Gasteiger partial charge in [0.1, 0.15) is 6.61 Å². The van der Waals surface area contributed by atoms with Gasteiger partial charge in [-0.25, -0.2) is 0 Å². The van der Waals surface area contributed by atoms with E-state index in [4.69, 9.17) is 16.5 Å². The lowest BCUT2D eigenvalue weighted by molar-refractivity contribution is -0.118. The predicted molar refractivity (Wildman–Crippen MR) is 32.9 cm³/mol. The summed E-state index contributed by atoms with van der Waals surface area (Å²) >= 11 is 5.03. The zero-order valence-electron chi connectivity index (χ0n) is 4.46. The van der Waals surface area contributed by atoms with Crippen LogP contribution in [0, 0.1) is 0 Å². The average Bonchev–Trinajstić information content (AvgIpc) is 1.83. The van der Waals surface area contributed by atoms with Crippen LogP contribution < -0.4 is 0 Å². The summed E-state index contributed by atoms with van der Waals surface area (Å²) in [5.41, 5.74) is 0. The van der Waals surface area contributed by atoms with Gasteiger partial charge < -0.3 is 9.42 Å². The molecule has 0 saturated carbocycles. The molecule has 9 heavy (non-hydrogen) atoms. The Labute approximate surface area is 57.7 Å². The molecule has 0 radical (unpaired) electrons. The smallest absolute Gasteiger partial charge is 0.317 e. The van der Waals surface area contributed by atoms with Crippen LogP contribution in [0.5, 0.6) is 0 Å². The van der Waals surface area contributed by atoms with E-state index in [1.807, 2.05) is 0 Å². The Hall–Kier alpha value is 0.110. The molecule has 0 aliphatic heterocycles. The van der Waals surface area contributed by atoms with Crippen LogP contribution in [-0.2, 0) is 13.9 Å². The molecular weight excluding hydrogens is 166 g/mol. The van der Waals surface area contributed by atoms with E-state index < -0.39 is 14.0 Å². The van der Waals surface area contributed by atoms with Gasteiger partial charge in [-0.05, 0) is 0 Å². The fraction of sp³-hybridized carbons (Fsp3) is 0.667. The lowest BCUT2D eigenvalue weighted by Crippen LogP contribution is -2.05. The molecule has 0 fully saturated rings. The SMILES string of the molecule is O=C(CCl)CO[PH](=O)O. The third-order valence-electron chi connectivity index (χ3n) is 0.506. The summed E-state index contributed by atoms with van der Waals surface area (Å²) in [6, 6.07) is 0. The molecule has 1 atom stereocenters. The van der Waals surface area contributed by atoms with Gasteiger partial charge in [0.15, 0.2) is 5.78 Å². The first-order chi connectivity index (χ1) is 4.16. The highest BCUT2D eigenvalue weighted by Crippen LogP contribution is 2.13. The molecule has 0 spiro atoms. The minimum absolute atomic E-state index is 0.185. The van der Waals surface area contributed by atoms with Crippen LogP contribution in [0.15, 0.2) is 0 Å². The van der Waals surface area contributed by atoms with Crippen LogP contribution in [-0.4, -0.2) is 23.2 Å². The molecule has 0 aromatic heterocycles. The van der Waals surface area contributed by atoms with Gasteiger partial charge in [-0.15, -0.1) is 11.6 Å². The van der Waals surface area contributed by atoms with Crippen molar-refractivity contribution in [1.29, 1.82) is 0 Å². The third kappa shape index (κ3) is 5.99. The predicted octanol–water partition coefficient (Wildman–Crippen LogP) is 0.193. The molecule has 1 N–H and O–H groups in total. The van der Waals surface area contributed by atoms with Crippen LogP contribution >= 0.6 is 19.9 Å². The molecule has 0 amide bonds. The number of carbonyl (C=O) groups is 1. The summed E-state index contributed by atoms with van der Waals surface area (Å²) in [6.45, 7) is -0.377. The number of Topliss-reactive ketones (excluding diaryl/α,β-unsaturated/α-hetero) is 1. The number of halogens is 1. The first-order valence-corrected chi connectivity index (χ1v) is 3.90. The number of carbonyl (C=O) groups excluding carboxylic acids is 1. The van der Waals surface area contributed by atoms with Crippen LogP contribution in [0.4, 0.5) is 0 Å². The van der Waals surface area contributed by atoms with Crippen LogP contribution in [0.25, 0.3) is 0 Å². The number of alkyl halides is 1. The van der Waals surface area contributed by atoms with Gasteiger partial charge >= 0.3 is 8.25 Å².